The highest BCUT2D eigenvalue weighted by Gasteiger charge is 2.42. The lowest BCUT2D eigenvalue weighted by Gasteiger charge is -2.36. The molecular weight excluding hydrogens is 446 g/mol. The van der Waals surface area contributed by atoms with Gasteiger partial charge in [-0.3, -0.25) is 14.9 Å². The summed E-state index contributed by atoms with van der Waals surface area (Å²) in [4.78, 5) is 47.2. The smallest absolute Gasteiger partial charge is 0.338 e. The lowest BCUT2D eigenvalue weighted by atomic mass is 9.80. The van der Waals surface area contributed by atoms with Crippen LogP contribution in [-0.2, 0) is 19.0 Å². The van der Waals surface area contributed by atoms with Crippen molar-refractivity contribution in [2.75, 3.05) is 7.11 Å². The fourth-order valence-corrected chi connectivity index (χ4v) is 3.98. The average molecular weight is 467 g/mol. The van der Waals surface area contributed by atoms with Crippen molar-refractivity contribution in [3.05, 3.63) is 81.8 Å². The van der Waals surface area contributed by atoms with E-state index in [1.165, 1.54) is 49.8 Å². The van der Waals surface area contributed by atoms with E-state index in [0.29, 0.717) is 30.6 Å². The number of Topliss-reactive ketones (excluding diaryl/α,β-unsaturated/α-hetero) is 1. The molecule has 3 unspecified atom stereocenters. The van der Waals surface area contributed by atoms with E-state index in [-0.39, 0.29) is 22.8 Å². The maximum atomic E-state index is 12.9. The molecule has 10 heteroatoms. The first-order valence-electron chi connectivity index (χ1n) is 10.6. The van der Waals surface area contributed by atoms with Gasteiger partial charge in [-0.25, -0.2) is 9.59 Å². The number of hydrogen-bond donors (Lipinski definition) is 0. The van der Waals surface area contributed by atoms with E-state index in [9.17, 15) is 24.5 Å². The minimum atomic E-state index is -0.663. The van der Waals surface area contributed by atoms with E-state index in [1.807, 2.05) is 0 Å². The van der Waals surface area contributed by atoms with Gasteiger partial charge in [-0.1, -0.05) is 6.07 Å². The molecular formula is C24H21NO9. The highest BCUT2D eigenvalue weighted by Crippen LogP contribution is 2.35. The lowest BCUT2D eigenvalue weighted by molar-refractivity contribution is -0.384. The summed E-state index contributed by atoms with van der Waals surface area (Å²) in [6.45, 7) is 0. The molecule has 0 aromatic heterocycles. The molecule has 1 aliphatic carbocycles. The predicted molar refractivity (Wildman–Crippen MR) is 116 cm³/mol. The number of allylic oxidation sites excluding steroid dienone is 1. The highest BCUT2D eigenvalue weighted by atomic mass is 16.6. The van der Waals surface area contributed by atoms with Gasteiger partial charge in [0.1, 0.15) is 24.2 Å². The number of methoxy groups -OCH3 is 1. The van der Waals surface area contributed by atoms with Crippen molar-refractivity contribution in [1.82, 2.24) is 0 Å². The number of hydrogen-bond acceptors (Lipinski definition) is 9. The molecule has 3 atom stereocenters. The predicted octanol–water partition coefficient (Wildman–Crippen LogP) is 3.60. The summed E-state index contributed by atoms with van der Waals surface area (Å²) < 4.78 is 21.5. The summed E-state index contributed by atoms with van der Waals surface area (Å²) in [5.74, 6) is -1.37. The number of nitro benzene ring substituents is 1. The Morgan fingerprint density at radius 1 is 1.06 bits per heavy atom. The van der Waals surface area contributed by atoms with Crippen molar-refractivity contribution in [3.8, 4) is 5.75 Å². The zero-order valence-electron chi connectivity index (χ0n) is 18.2. The molecule has 1 heterocycles. The molecule has 0 bridgehead atoms. The monoisotopic (exact) mass is 467 g/mol. The Morgan fingerprint density at radius 2 is 1.82 bits per heavy atom. The molecule has 2 aromatic rings. The molecule has 34 heavy (non-hydrogen) atoms. The molecule has 0 N–H and O–H groups in total. The fraction of sp³-hybridized carbons (Fsp3) is 0.292. The number of nitrogens with zero attached hydrogens (tertiary/aromatic N) is 1. The molecule has 0 amide bonds. The number of nitro groups is 1. The number of fused-ring (bicyclic) bond motifs is 1. The molecule has 1 aliphatic heterocycles. The molecule has 0 spiro atoms. The number of carbonyl (C=O) groups is 3. The van der Waals surface area contributed by atoms with Crippen molar-refractivity contribution in [3.63, 3.8) is 0 Å². The van der Waals surface area contributed by atoms with Crippen LogP contribution in [0, 0.1) is 16.0 Å². The van der Waals surface area contributed by atoms with Gasteiger partial charge in [0.25, 0.3) is 5.69 Å². The van der Waals surface area contributed by atoms with Gasteiger partial charge in [-0.2, -0.15) is 0 Å². The number of benzene rings is 2. The first-order chi connectivity index (χ1) is 16.4. The van der Waals surface area contributed by atoms with Crippen molar-refractivity contribution in [1.29, 1.82) is 0 Å². The summed E-state index contributed by atoms with van der Waals surface area (Å²) in [6, 6.07) is 11.5. The number of carbonyl (C=O) groups excluding carboxylic acids is 3. The van der Waals surface area contributed by atoms with Crippen LogP contribution in [0.1, 0.15) is 40.0 Å². The van der Waals surface area contributed by atoms with Gasteiger partial charge in [-0.05, 0) is 43.2 Å². The molecule has 1 fully saturated rings. The number of esters is 2. The Bertz CT molecular complexity index is 1160. The Labute approximate surface area is 194 Å². The SMILES string of the molecule is COC(=O)c1ccc(OC2=COC3CC(OC(=O)c4cccc([N+](=O)[O-])c4)CCC3C2=O)cc1. The van der Waals surface area contributed by atoms with Gasteiger partial charge < -0.3 is 18.9 Å². The van der Waals surface area contributed by atoms with Crippen LogP contribution in [-0.4, -0.2) is 42.0 Å². The third-order valence-corrected chi connectivity index (χ3v) is 5.74. The number of non-ortho nitro benzene ring substituents is 1. The molecule has 0 radical (unpaired) electrons. The summed E-state index contributed by atoms with van der Waals surface area (Å²) in [5.41, 5.74) is 0.246. The molecule has 0 saturated heterocycles. The van der Waals surface area contributed by atoms with E-state index in [0.717, 1.165) is 0 Å². The number of ether oxygens (including phenoxy) is 4. The number of rotatable bonds is 6. The average Bonchev–Trinajstić information content (AvgIpc) is 2.85. The van der Waals surface area contributed by atoms with Gasteiger partial charge in [0, 0.05) is 18.6 Å². The Kier molecular flexibility index (Phi) is 6.58. The molecule has 10 nitrogen and oxygen atoms in total. The van der Waals surface area contributed by atoms with Crippen LogP contribution in [0.5, 0.6) is 5.75 Å². The Balaban J connectivity index is 1.37. The van der Waals surface area contributed by atoms with Crippen LogP contribution in [0.15, 0.2) is 60.6 Å². The zero-order valence-corrected chi connectivity index (χ0v) is 18.2. The summed E-state index contributed by atoms with van der Waals surface area (Å²) >= 11 is 0. The standard InChI is InChI=1S/C24H21NO9/c1-31-23(27)14-5-7-17(8-6-14)33-21-13-32-20-12-18(9-10-19(20)22(21)26)34-24(28)15-3-2-4-16(11-15)25(29)30/h2-8,11,13,18-20H,9-10,12H2,1H3. The van der Waals surface area contributed by atoms with Crippen LogP contribution in [0.4, 0.5) is 5.69 Å². The third kappa shape index (κ3) is 4.90. The van der Waals surface area contributed by atoms with Crippen LogP contribution < -0.4 is 4.74 Å². The summed E-state index contributed by atoms with van der Waals surface area (Å²) in [6.07, 6.45) is 1.48. The van der Waals surface area contributed by atoms with Crippen LogP contribution in [0.3, 0.4) is 0 Å². The van der Waals surface area contributed by atoms with Crippen molar-refractivity contribution in [2.24, 2.45) is 5.92 Å². The second kappa shape index (κ2) is 9.74. The fourth-order valence-electron chi connectivity index (χ4n) is 3.98. The van der Waals surface area contributed by atoms with Crippen molar-refractivity contribution >= 4 is 23.4 Å². The lowest BCUT2D eigenvalue weighted by Crippen LogP contribution is -2.43. The maximum absolute atomic E-state index is 12.9. The van der Waals surface area contributed by atoms with E-state index >= 15 is 0 Å². The normalized spacial score (nSPS) is 21.4. The summed E-state index contributed by atoms with van der Waals surface area (Å²) in [7, 11) is 1.29. The second-order valence-electron chi connectivity index (χ2n) is 7.89. The van der Waals surface area contributed by atoms with Gasteiger partial charge in [0.2, 0.25) is 11.5 Å². The summed E-state index contributed by atoms with van der Waals surface area (Å²) in [5, 5.41) is 10.9. The topological polar surface area (TPSA) is 131 Å². The molecule has 4 rings (SSSR count). The minimum Gasteiger partial charge on any atom is -0.493 e. The first kappa shape index (κ1) is 23.0. The van der Waals surface area contributed by atoms with E-state index < -0.39 is 35.0 Å². The molecule has 176 valence electrons. The molecule has 2 aliphatic rings. The van der Waals surface area contributed by atoms with Gasteiger partial charge in [0.05, 0.1) is 29.1 Å². The van der Waals surface area contributed by atoms with Gasteiger partial charge >= 0.3 is 11.9 Å². The third-order valence-electron chi connectivity index (χ3n) is 5.74. The van der Waals surface area contributed by atoms with E-state index in [1.54, 1.807) is 12.1 Å². The molecule has 2 aromatic carbocycles. The Hall–Kier alpha value is -4.21. The maximum Gasteiger partial charge on any atom is 0.338 e. The molecule has 1 saturated carbocycles. The number of ketones is 1. The highest BCUT2D eigenvalue weighted by molar-refractivity contribution is 5.97. The van der Waals surface area contributed by atoms with Crippen LogP contribution >= 0.6 is 0 Å². The van der Waals surface area contributed by atoms with Gasteiger partial charge in [0.15, 0.2) is 0 Å². The van der Waals surface area contributed by atoms with Crippen LogP contribution in [0.2, 0.25) is 0 Å². The van der Waals surface area contributed by atoms with Gasteiger partial charge in [-0.15, -0.1) is 0 Å². The minimum absolute atomic E-state index is 0.0547. The van der Waals surface area contributed by atoms with Crippen molar-refractivity contribution in [2.45, 2.75) is 31.5 Å². The quantitative estimate of drug-likeness (QED) is 0.355. The van der Waals surface area contributed by atoms with E-state index in [4.69, 9.17) is 14.2 Å². The van der Waals surface area contributed by atoms with Crippen molar-refractivity contribution < 1.29 is 38.3 Å². The zero-order chi connectivity index (χ0) is 24.2. The van der Waals surface area contributed by atoms with E-state index in [2.05, 4.69) is 4.74 Å². The first-order valence-corrected chi connectivity index (χ1v) is 10.6. The van der Waals surface area contributed by atoms with Crippen LogP contribution in [0.25, 0.3) is 0 Å². The largest absolute Gasteiger partial charge is 0.493 e. The second-order valence-corrected chi connectivity index (χ2v) is 7.89. The Morgan fingerprint density at radius 3 is 2.53 bits per heavy atom.